The van der Waals surface area contributed by atoms with Crippen LogP contribution < -0.4 is 0 Å². The molecule has 1 aromatic carbocycles. The molecule has 0 bridgehead atoms. The van der Waals surface area contributed by atoms with Crippen LogP contribution in [-0.2, 0) is 4.74 Å². The topological polar surface area (TPSA) is 32.8 Å². The van der Waals surface area contributed by atoms with Gasteiger partial charge in [0.25, 0.3) is 0 Å². The minimum absolute atomic E-state index is 0.209. The van der Waals surface area contributed by atoms with E-state index in [9.17, 15) is 4.79 Å². The molecule has 1 aliphatic heterocycles. The van der Waals surface area contributed by atoms with Crippen molar-refractivity contribution in [3.63, 3.8) is 0 Å². The number of amides is 1. The largest absolute Gasteiger partial charge is 0.444 e. The second-order valence-electron chi connectivity index (χ2n) is 6.48. The molecule has 1 aliphatic rings. The van der Waals surface area contributed by atoms with Gasteiger partial charge in [0.1, 0.15) is 5.60 Å². The third-order valence-electron chi connectivity index (χ3n) is 3.73. The van der Waals surface area contributed by atoms with Gasteiger partial charge in [0.05, 0.1) is 6.04 Å². The van der Waals surface area contributed by atoms with Gasteiger partial charge < -0.3 is 9.64 Å². The molecule has 1 aromatic rings. The second-order valence-corrected chi connectivity index (χ2v) is 6.48. The normalized spacial score (nSPS) is 20.4. The molecular formula is C17H26N2O2. The molecule has 1 heterocycles. The van der Waals surface area contributed by atoms with Crippen LogP contribution in [-0.4, -0.2) is 47.7 Å². The first-order valence-electron chi connectivity index (χ1n) is 7.67. The van der Waals surface area contributed by atoms with Crippen molar-refractivity contribution < 1.29 is 9.53 Å². The van der Waals surface area contributed by atoms with Gasteiger partial charge in [-0.1, -0.05) is 37.3 Å². The number of ether oxygens (including phenoxy) is 1. The molecule has 0 aliphatic carbocycles. The number of carbonyl (C=O) groups is 1. The average molecular weight is 290 g/mol. The first-order valence-corrected chi connectivity index (χ1v) is 7.67. The van der Waals surface area contributed by atoms with Crippen LogP contribution in [0.15, 0.2) is 30.3 Å². The fourth-order valence-electron chi connectivity index (χ4n) is 2.68. The standard InChI is InChI=1S/C17H26N2O2/c1-5-18-11-12-19(16(20)21-17(2,3)4)13-15(18)14-9-7-6-8-10-14/h6-10,15H,5,11-13H2,1-4H3/t15-/m1/s1. The zero-order chi connectivity index (χ0) is 15.5. The number of hydrogen-bond acceptors (Lipinski definition) is 3. The van der Waals surface area contributed by atoms with Crippen LogP contribution in [0.25, 0.3) is 0 Å². The zero-order valence-electron chi connectivity index (χ0n) is 13.5. The van der Waals surface area contributed by atoms with Gasteiger partial charge in [0.15, 0.2) is 0 Å². The van der Waals surface area contributed by atoms with Crippen molar-refractivity contribution in [2.75, 3.05) is 26.2 Å². The van der Waals surface area contributed by atoms with E-state index >= 15 is 0 Å². The van der Waals surface area contributed by atoms with Crippen LogP contribution in [0.3, 0.4) is 0 Å². The minimum Gasteiger partial charge on any atom is -0.444 e. The summed E-state index contributed by atoms with van der Waals surface area (Å²) in [5.74, 6) is 0. The van der Waals surface area contributed by atoms with Crippen LogP contribution in [0.4, 0.5) is 4.79 Å². The summed E-state index contributed by atoms with van der Waals surface area (Å²) in [5, 5.41) is 0. The number of benzene rings is 1. The average Bonchev–Trinajstić information content (AvgIpc) is 2.45. The Kier molecular flexibility index (Phi) is 4.88. The molecule has 0 unspecified atom stereocenters. The Morgan fingerprint density at radius 1 is 1.24 bits per heavy atom. The first kappa shape index (κ1) is 15.8. The van der Waals surface area contributed by atoms with Gasteiger partial charge in [0, 0.05) is 19.6 Å². The third kappa shape index (κ3) is 4.21. The van der Waals surface area contributed by atoms with Crippen molar-refractivity contribution in [1.82, 2.24) is 9.80 Å². The highest BCUT2D eigenvalue weighted by Crippen LogP contribution is 2.26. The Bertz CT molecular complexity index is 467. The fraction of sp³-hybridized carbons (Fsp3) is 0.588. The van der Waals surface area contributed by atoms with Gasteiger partial charge in [-0.2, -0.15) is 0 Å². The zero-order valence-corrected chi connectivity index (χ0v) is 13.5. The molecule has 21 heavy (non-hydrogen) atoms. The summed E-state index contributed by atoms with van der Waals surface area (Å²) in [7, 11) is 0. The molecule has 0 N–H and O–H groups in total. The molecule has 1 saturated heterocycles. The minimum atomic E-state index is -0.443. The summed E-state index contributed by atoms with van der Waals surface area (Å²) in [5.41, 5.74) is 0.814. The number of carbonyl (C=O) groups excluding carboxylic acids is 1. The van der Waals surface area contributed by atoms with Crippen LogP contribution in [0.5, 0.6) is 0 Å². The van der Waals surface area contributed by atoms with E-state index < -0.39 is 5.60 Å². The Balaban J connectivity index is 2.10. The van der Waals surface area contributed by atoms with E-state index in [1.54, 1.807) is 0 Å². The van der Waals surface area contributed by atoms with Crippen molar-refractivity contribution in [1.29, 1.82) is 0 Å². The highest BCUT2D eigenvalue weighted by Gasteiger charge is 2.31. The molecule has 1 atom stereocenters. The maximum atomic E-state index is 12.3. The maximum Gasteiger partial charge on any atom is 0.410 e. The lowest BCUT2D eigenvalue weighted by atomic mass is 10.0. The van der Waals surface area contributed by atoms with Crippen molar-refractivity contribution >= 4 is 6.09 Å². The van der Waals surface area contributed by atoms with E-state index in [0.717, 1.165) is 19.6 Å². The lowest BCUT2D eigenvalue weighted by Crippen LogP contribution is -2.51. The van der Waals surface area contributed by atoms with E-state index in [1.807, 2.05) is 31.7 Å². The fourth-order valence-corrected chi connectivity index (χ4v) is 2.68. The number of hydrogen-bond donors (Lipinski definition) is 0. The van der Waals surface area contributed by atoms with Gasteiger partial charge in [0.2, 0.25) is 0 Å². The van der Waals surface area contributed by atoms with E-state index in [4.69, 9.17) is 4.74 Å². The monoisotopic (exact) mass is 290 g/mol. The highest BCUT2D eigenvalue weighted by atomic mass is 16.6. The van der Waals surface area contributed by atoms with Crippen LogP contribution in [0.1, 0.15) is 39.3 Å². The van der Waals surface area contributed by atoms with Gasteiger partial charge in [-0.3, -0.25) is 4.90 Å². The molecule has 0 radical (unpaired) electrons. The van der Waals surface area contributed by atoms with E-state index in [-0.39, 0.29) is 12.1 Å². The Morgan fingerprint density at radius 2 is 1.90 bits per heavy atom. The summed E-state index contributed by atoms with van der Waals surface area (Å²) in [6, 6.07) is 10.6. The molecule has 4 heteroatoms. The van der Waals surface area contributed by atoms with Gasteiger partial charge in [-0.05, 0) is 32.9 Å². The first-order chi connectivity index (χ1) is 9.90. The molecule has 0 aromatic heterocycles. The molecule has 1 fully saturated rings. The van der Waals surface area contributed by atoms with E-state index in [1.165, 1.54) is 5.56 Å². The lowest BCUT2D eigenvalue weighted by Gasteiger charge is -2.41. The summed E-state index contributed by atoms with van der Waals surface area (Å²) in [4.78, 5) is 16.5. The number of piperazine rings is 1. The van der Waals surface area contributed by atoms with Crippen molar-refractivity contribution in [2.45, 2.75) is 39.3 Å². The second kappa shape index (κ2) is 6.48. The third-order valence-corrected chi connectivity index (χ3v) is 3.73. The quantitative estimate of drug-likeness (QED) is 0.838. The molecule has 0 spiro atoms. The van der Waals surface area contributed by atoms with Crippen LogP contribution >= 0.6 is 0 Å². The summed E-state index contributed by atoms with van der Waals surface area (Å²) in [6.07, 6.45) is -0.209. The van der Waals surface area contributed by atoms with Crippen LogP contribution in [0, 0.1) is 0 Å². The number of likely N-dealkylation sites (N-methyl/N-ethyl adjacent to an activating group) is 1. The number of rotatable bonds is 2. The predicted octanol–water partition coefficient (Wildman–Crippen LogP) is 3.30. The lowest BCUT2D eigenvalue weighted by molar-refractivity contribution is 0.00428. The number of nitrogens with zero attached hydrogens (tertiary/aromatic N) is 2. The Labute approximate surface area is 127 Å². The van der Waals surface area contributed by atoms with Crippen molar-refractivity contribution in [3.05, 3.63) is 35.9 Å². The van der Waals surface area contributed by atoms with E-state index in [2.05, 4.69) is 36.1 Å². The molecular weight excluding hydrogens is 264 g/mol. The SMILES string of the molecule is CCN1CCN(C(=O)OC(C)(C)C)C[C@@H]1c1ccccc1. The molecule has 0 saturated carbocycles. The van der Waals surface area contributed by atoms with Crippen molar-refractivity contribution in [3.8, 4) is 0 Å². The summed E-state index contributed by atoms with van der Waals surface area (Å²) >= 11 is 0. The van der Waals surface area contributed by atoms with E-state index in [0.29, 0.717) is 6.54 Å². The molecule has 116 valence electrons. The van der Waals surface area contributed by atoms with Crippen LogP contribution in [0.2, 0.25) is 0 Å². The molecule has 1 amide bonds. The van der Waals surface area contributed by atoms with Gasteiger partial charge in [-0.25, -0.2) is 4.79 Å². The predicted molar refractivity (Wildman–Crippen MR) is 84.2 cm³/mol. The highest BCUT2D eigenvalue weighted by molar-refractivity contribution is 5.68. The molecule has 2 rings (SSSR count). The van der Waals surface area contributed by atoms with Crippen molar-refractivity contribution in [2.24, 2.45) is 0 Å². The Hall–Kier alpha value is -1.55. The van der Waals surface area contributed by atoms with Gasteiger partial charge in [-0.15, -0.1) is 0 Å². The summed E-state index contributed by atoms with van der Waals surface area (Å²) in [6.45, 7) is 11.2. The summed E-state index contributed by atoms with van der Waals surface area (Å²) < 4.78 is 5.50. The Morgan fingerprint density at radius 3 is 2.48 bits per heavy atom. The maximum absolute atomic E-state index is 12.3. The van der Waals surface area contributed by atoms with Gasteiger partial charge >= 0.3 is 6.09 Å². The smallest absolute Gasteiger partial charge is 0.410 e. The molecule has 4 nitrogen and oxygen atoms in total.